The number of carbonyl (C=O) groups excluding carboxylic acids is 3. The highest BCUT2D eigenvalue weighted by Gasteiger charge is 2.57. The van der Waals surface area contributed by atoms with E-state index in [2.05, 4.69) is 15.5 Å². The Balaban J connectivity index is 1.39. The van der Waals surface area contributed by atoms with Crippen LogP contribution in [0.25, 0.3) is 11.4 Å². The van der Waals surface area contributed by atoms with Crippen LogP contribution in [0.1, 0.15) is 80.3 Å². The highest BCUT2D eigenvalue weighted by atomic mass is 16.7. The molecule has 0 radical (unpaired) electrons. The fourth-order valence-corrected chi connectivity index (χ4v) is 9.50. The Labute approximate surface area is 353 Å². The summed E-state index contributed by atoms with van der Waals surface area (Å²) in [5, 5.41) is 19.0. The number of nitrogens with one attached hydrogen (secondary N) is 1. The van der Waals surface area contributed by atoms with Crippen molar-refractivity contribution in [2.45, 2.75) is 141 Å². The van der Waals surface area contributed by atoms with E-state index in [1.807, 2.05) is 90.0 Å². The minimum Gasteiger partial charge on any atom is -0.458 e. The van der Waals surface area contributed by atoms with E-state index >= 15 is 0 Å². The van der Waals surface area contributed by atoms with Gasteiger partial charge in [-0.15, -0.1) is 0 Å². The average molecular weight is 838 g/mol. The molecule has 4 aliphatic rings. The van der Waals surface area contributed by atoms with Crippen LogP contribution in [0.4, 0.5) is 4.79 Å². The second-order valence-electron chi connectivity index (χ2n) is 17.6. The molecule has 1 amide bonds. The number of hydrogen-bond acceptors (Lipinski definition) is 15. The molecule has 60 heavy (non-hydrogen) atoms. The predicted octanol–water partition coefficient (Wildman–Crippen LogP) is 4.71. The summed E-state index contributed by atoms with van der Waals surface area (Å²) in [7, 11) is 3.80. The number of pyridine rings is 2. The SMILES string of the molecule is CC[C@H]1OC(=O)[C@H](C)[C@H]2OC/C(=N/OCc3cccc(-c4ccccn4)n3)CO[C@](C)(C[C@@H](C)C(=O)[C@H](C)[C@H]3NC(=O)O[C@@]31C)[C@H](O[C@@H]1O[C@H](C)C[C@H](N(C)C)[C@H]1O)[C@H]2C. The van der Waals surface area contributed by atoms with Crippen LogP contribution in [0.5, 0.6) is 0 Å². The molecule has 2 aromatic rings. The number of oxime groups is 1. The van der Waals surface area contributed by atoms with Gasteiger partial charge in [0.25, 0.3) is 0 Å². The number of carbonyl (C=O) groups is 3. The molecule has 16 heteroatoms. The second-order valence-corrected chi connectivity index (χ2v) is 17.6. The number of aliphatic hydroxyl groups excluding tert-OH is 1. The fraction of sp³-hybridized carbons (Fsp3) is 0.682. The normalized spacial score (nSPS) is 38.8. The van der Waals surface area contributed by atoms with E-state index in [9.17, 15) is 19.5 Å². The molecule has 2 bridgehead atoms. The van der Waals surface area contributed by atoms with Gasteiger partial charge in [0.15, 0.2) is 18.5 Å². The zero-order valence-corrected chi connectivity index (χ0v) is 36.5. The molecular weight excluding hydrogens is 775 g/mol. The molecule has 4 fully saturated rings. The number of hydrogen-bond donors (Lipinski definition) is 2. The predicted molar refractivity (Wildman–Crippen MR) is 219 cm³/mol. The number of likely N-dealkylation sites (N-methyl/N-ethyl adjacent to an activating group) is 1. The number of amides is 1. The van der Waals surface area contributed by atoms with Crippen LogP contribution in [0.2, 0.25) is 0 Å². The van der Waals surface area contributed by atoms with Crippen molar-refractivity contribution >= 4 is 23.6 Å². The Kier molecular flexibility index (Phi) is 14.3. The van der Waals surface area contributed by atoms with Gasteiger partial charge in [0.2, 0.25) is 0 Å². The van der Waals surface area contributed by atoms with Crippen molar-refractivity contribution in [1.29, 1.82) is 0 Å². The second kappa shape index (κ2) is 18.9. The lowest BCUT2D eigenvalue weighted by molar-refractivity contribution is -0.302. The van der Waals surface area contributed by atoms with E-state index in [-0.39, 0.29) is 44.2 Å². The van der Waals surface area contributed by atoms with Crippen molar-refractivity contribution in [2.24, 2.45) is 28.8 Å². The molecule has 0 aliphatic carbocycles. The third-order valence-electron chi connectivity index (χ3n) is 12.8. The lowest BCUT2D eigenvalue weighted by Gasteiger charge is -2.48. The highest BCUT2D eigenvalue weighted by Crippen LogP contribution is 2.42. The van der Waals surface area contributed by atoms with E-state index < -0.39 is 83.7 Å². The Hall–Kier alpha value is -4.06. The molecule has 14 atom stereocenters. The number of Topliss-reactive ketones (excluding diaryl/α,β-unsaturated/α-hetero) is 1. The Morgan fingerprint density at radius 2 is 1.75 bits per heavy atom. The van der Waals surface area contributed by atoms with Crippen molar-refractivity contribution < 1.29 is 52.7 Å². The molecule has 4 aliphatic heterocycles. The highest BCUT2D eigenvalue weighted by molar-refractivity contribution is 5.87. The van der Waals surface area contributed by atoms with Gasteiger partial charge in [-0.3, -0.25) is 14.6 Å². The van der Waals surface area contributed by atoms with Crippen LogP contribution in [-0.4, -0.2) is 131 Å². The molecule has 6 rings (SSSR count). The quantitative estimate of drug-likeness (QED) is 0.275. The van der Waals surface area contributed by atoms with Crippen LogP contribution in [-0.2, 0) is 49.5 Å². The van der Waals surface area contributed by atoms with Gasteiger partial charge in [-0.05, 0) is 85.3 Å². The summed E-state index contributed by atoms with van der Waals surface area (Å²) in [5.74, 6) is -3.61. The Morgan fingerprint density at radius 1 is 1.00 bits per heavy atom. The molecule has 2 N–H and O–H groups in total. The van der Waals surface area contributed by atoms with E-state index in [1.54, 1.807) is 27.0 Å². The van der Waals surface area contributed by atoms with Crippen molar-refractivity contribution in [3.63, 3.8) is 0 Å². The van der Waals surface area contributed by atoms with Gasteiger partial charge >= 0.3 is 12.1 Å². The van der Waals surface area contributed by atoms with Crippen LogP contribution >= 0.6 is 0 Å². The molecule has 0 spiro atoms. The Bertz CT molecular complexity index is 1850. The summed E-state index contributed by atoms with van der Waals surface area (Å²) in [6.07, 6.45) is -2.94. The third kappa shape index (κ3) is 9.68. The molecule has 6 heterocycles. The summed E-state index contributed by atoms with van der Waals surface area (Å²) < 4.78 is 38.8. The molecule has 330 valence electrons. The summed E-state index contributed by atoms with van der Waals surface area (Å²) in [4.78, 5) is 58.7. The first-order valence-electron chi connectivity index (χ1n) is 21.1. The Morgan fingerprint density at radius 3 is 2.45 bits per heavy atom. The summed E-state index contributed by atoms with van der Waals surface area (Å²) in [5.41, 5.74) is -0.176. The lowest BCUT2D eigenvalue weighted by Crippen LogP contribution is -2.60. The minimum absolute atomic E-state index is 0.0399. The van der Waals surface area contributed by atoms with Crippen LogP contribution < -0.4 is 5.32 Å². The zero-order chi connectivity index (χ0) is 43.5. The van der Waals surface area contributed by atoms with Gasteiger partial charge in [-0.2, -0.15) is 0 Å². The topological polar surface area (TPSA) is 189 Å². The van der Waals surface area contributed by atoms with Crippen molar-refractivity contribution in [2.75, 3.05) is 27.3 Å². The number of esters is 1. The fourth-order valence-electron chi connectivity index (χ4n) is 9.50. The third-order valence-corrected chi connectivity index (χ3v) is 12.8. The molecule has 16 nitrogen and oxygen atoms in total. The van der Waals surface area contributed by atoms with E-state index in [0.717, 1.165) is 5.69 Å². The van der Waals surface area contributed by atoms with E-state index in [0.29, 0.717) is 29.9 Å². The van der Waals surface area contributed by atoms with Gasteiger partial charge in [-0.1, -0.05) is 45.0 Å². The number of cyclic esters (lactones) is 1. The number of nitrogens with zero attached hydrogens (tertiary/aromatic N) is 4. The molecule has 0 unspecified atom stereocenters. The number of aromatic nitrogens is 2. The van der Waals surface area contributed by atoms with Crippen LogP contribution in [0.15, 0.2) is 47.8 Å². The smallest absolute Gasteiger partial charge is 0.408 e. The maximum absolute atomic E-state index is 14.5. The number of ether oxygens (including phenoxy) is 6. The van der Waals surface area contributed by atoms with Gasteiger partial charge < -0.3 is 48.6 Å². The largest absolute Gasteiger partial charge is 0.458 e. The molecule has 0 saturated carbocycles. The summed E-state index contributed by atoms with van der Waals surface area (Å²) in [6.45, 7) is 14.4. The molecule has 4 saturated heterocycles. The summed E-state index contributed by atoms with van der Waals surface area (Å²) >= 11 is 0. The van der Waals surface area contributed by atoms with Gasteiger partial charge in [-0.25, -0.2) is 9.78 Å². The van der Waals surface area contributed by atoms with Crippen molar-refractivity contribution in [1.82, 2.24) is 20.2 Å². The maximum atomic E-state index is 14.5. The first-order chi connectivity index (χ1) is 28.4. The first kappa shape index (κ1) is 45.5. The maximum Gasteiger partial charge on any atom is 0.408 e. The lowest BCUT2D eigenvalue weighted by atomic mass is 9.73. The zero-order valence-electron chi connectivity index (χ0n) is 36.5. The van der Waals surface area contributed by atoms with E-state index in [1.165, 1.54) is 0 Å². The van der Waals surface area contributed by atoms with Crippen molar-refractivity contribution in [3.05, 3.63) is 48.3 Å². The number of rotatable bonds is 8. The van der Waals surface area contributed by atoms with Crippen LogP contribution in [0.3, 0.4) is 0 Å². The van der Waals surface area contributed by atoms with Gasteiger partial charge in [0, 0.05) is 30.0 Å². The van der Waals surface area contributed by atoms with Crippen LogP contribution in [0, 0.1) is 23.7 Å². The van der Waals surface area contributed by atoms with Gasteiger partial charge in [0.05, 0.1) is 66.2 Å². The molecular formula is C44H63N5O11. The molecule has 2 aromatic heterocycles. The summed E-state index contributed by atoms with van der Waals surface area (Å²) in [6, 6.07) is 10.1. The van der Waals surface area contributed by atoms with Crippen molar-refractivity contribution in [3.8, 4) is 11.4 Å². The monoisotopic (exact) mass is 837 g/mol. The number of aliphatic hydroxyl groups is 1. The van der Waals surface area contributed by atoms with E-state index in [4.69, 9.17) is 38.2 Å². The average Bonchev–Trinajstić information content (AvgIpc) is 3.55. The minimum atomic E-state index is -1.33. The molecule has 0 aromatic carbocycles. The first-order valence-corrected chi connectivity index (χ1v) is 21.1. The number of ketones is 1. The number of alkyl carbamates (subject to hydrolysis) is 1. The number of fused-ring (bicyclic) bond motifs is 4. The standard InChI is InChI=1S/C44H63N5O11/c1-11-34-44(8)38(47-42(53)60-44)26(4)35(50)24(2)20-43(7)39(59-41-36(51)33(49(9)10)19-25(3)57-41)27(5)37(28(6)40(52)58-34)54-21-30(22-55-43)48-56-23-29-15-14-17-32(46-29)31-16-12-13-18-45-31/h12-18,24-28,33-34,36-39,41,51H,11,19-23H2,1-10H3,(H,47,53)/b48-30-/t24-,25-,26+,27+,28-,33+,34-,36-,37+,38-,39-,41+,43-,44-/m1/s1. The van der Waals surface area contributed by atoms with Gasteiger partial charge in [0.1, 0.15) is 23.7 Å².